The molecule has 2 aromatic rings. The number of unbranched alkanes of at least 4 members (excludes halogenated alkanes) is 1. The molecule has 0 amide bonds. The van der Waals surface area contributed by atoms with Gasteiger partial charge in [0, 0.05) is 13.0 Å². The van der Waals surface area contributed by atoms with Crippen LogP contribution in [0, 0.1) is 0 Å². The normalized spacial score (nSPS) is 10.6. The molecular weight excluding hydrogens is 260 g/mol. The molecular formula is C15H17ClN2O. The molecule has 0 aliphatic heterocycles. The zero-order chi connectivity index (χ0) is 13.7. The highest BCUT2D eigenvalue weighted by Crippen LogP contribution is 2.19. The largest absolute Gasteiger partial charge is 0.320 e. The van der Waals surface area contributed by atoms with Gasteiger partial charge in [-0.25, -0.2) is 4.98 Å². The molecule has 2 rings (SSSR count). The first-order valence-corrected chi connectivity index (χ1v) is 6.88. The van der Waals surface area contributed by atoms with Crippen LogP contribution in [-0.4, -0.2) is 15.8 Å². The fraction of sp³-hybridized carbons (Fsp3) is 0.333. The fourth-order valence-electron chi connectivity index (χ4n) is 2.06. The Kier molecular flexibility index (Phi) is 4.74. The van der Waals surface area contributed by atoms with Gasteiger partial charge < -0.3 is 4.57 Å². The second-order valence-electron chi connectivity index (χ2n) is 4.50. The summed E-state index contributed by atoms with van der Waals surface area (Å²) >= 11 is 6.03. The van der Waals surface area contributed by atoms with Crippen molar-refractivity contribution in [3.05, 3.63) is 52.6 Å². The average Bonchev–Trinajstić information content (AvgIpc) is 2.73. The molecule has 100 valence electrons. The van der Waals surface area contributed by atoms with E-state index in [4.69, 9.17) is 11.6 Å². The maximum Gasteiger partial charge on any atom is 0.169 e. The fourth-order valence-corrected chi connectivity index (χ4v) is 2.31. The van der Waals surface area contributed by atoms with Crippen LogP contribution in [0.15, 0.2) is 30.3 Å². The number of benzene rings is 1. The topological polar surface area (TPSA) is 34.9 Å². The smallest absolute Gasteiger partial charge is 0.169 e. The second kappa shape index (κ2) is 6.53. The molecule has 3 nitrogen and oxygen atoms in total. The Morgan fingerprint density at radius 1 is 1.32 bits per heavy atom. The van der Waals surface area contributed by atoms with Gasteiger partial charge in [0.1, 0.15) is 11.5 Å². The van der Waals surface area contributed by atoms with Crippen LogP contribution in [0.25, 0.3) is 0 Å². The van der Waals surface area contributed by atoms with Crippen molar-refractivity contribution >= 4 is 17.9 Å². The van der Waals surface area contributed by atoms with Gasteiger partial charge in [0.05, 0.1) is 0 Å². The Bertz CT molecular complexity index is 549. The van der Waals surface area contributed by atoms with Crippen LogP contribution in [0.2, 0.25) is 5.15 Å². The lowest BCUT2D eigenvalue weighted by Crippen LogP contribution is -2.08. The maximum absolute atomic E-state index is 11.2. The van der Waals surface area contributed by atoms with E-state index in [1.807, 2.05) is 34.9 Å². The van der Waals surface area contributed by atoms with E-state index in [2.05, 4.69) is 11.9 Å². The van der Waals surface area contributed by atoms with E-state index in [1.54, 1.807) is 0 Å². The summed E-state index contributed by atoms with van der Waals surface area (Å²) in [6.07, 6.45) is 3.76. The van der Waals surface area contributed by atoms with E-state index in [-0.39, 0.29) is 0 Å². The summed E-state index contributed by atoms with van der Waals surface area (Å²) in [6.45, 7) is 2.76. The van der Waals surface area contributed by atoms with Gasteiger partial charge in [0.25, 0.3) is 0 Å². The zero-order valence-electron chi connectivity index (χ0n) is 11.0. The van der Waals surface area contributed by atoms with E-state index >= 15 is 0 Å². The molecule has 1 heterocycles. The molecule has 4 heteroatoms. The van der Waals surface area contributed by atoms with Crippen molar-refractivity contribution < 1.29 is 4.79 Å². The molecule has 0 atom stereocenters. The van der Waals surface area contributed by atoms with Gasteiger partial charge in [0.15, 0.2) is 11.4 Å². The van der Waals surface area contributed by atoms with Crippen LogP contribution in [0.1, 0.15) is 41.6 Å². The van der Waals surface area contributed by atoms with Gasteiger partial charge in [-0.15, -0.1) is 0 Å². The van der Waals surface area contributed by atoms with Crippen LogP contribution in [-0.2, 0) is 13.0 Å². The van der Waals surface area contributed by atoms with Gasteiger partial charge in [-0.1, -0.05) is 55.3 Å². The van der Waals surface area contributed by atoms with Crippen LogP contribution in [0.5, 0.6) is 0 Å². The van der Waals surface area contributed by atoms with Crippen LogP contribution in [0.4, 0.5) is 0 Å². The minimum absolute atomic E-state index is 0.303. The quantitative estimate of drug-likeness (QED) is 0.754. The average molecular weight is 277 g/mol. The first kappa shape index (κ1) is 13.8. The second-order valence-corrected chi connectivity index (χ2v) is 4.86. The zero-order valence-corrected chi connectivity index (χ0v) is 11.7. The SMILES string of the molecule is CCCCc1nc(Cl)c(C=O)n1Cc1ccccc1. The molecule has 0 N–H and O–H groups in total. The number of nitrogens with zero attached hydrogens (tertiary/aromatic N) is 2. The van der Waals surface area contributed by atoms with Crippen molar-refractivity contribution in [2.24, 2.45) is 0 Å². The van der Waals surface area contributed by atoms with Gasteiger partial charge in [0.2, 0.25) is 0 Å². The standard InChI is InChI=1S/C15H17ClN2O/c1-2-3-9-14-17-15(16)13(11-19)18(14)10-12-7-5-4-6-8-12/h4-8,11H,2-3,9-10H2,1H3. The van der Waals surface area contributed by atoms with Gasteiger partial charge in [-0.3, -0.25) is 4.79 Å². The summed E-state index contributed by atoms with van der Waals surface area (Å²) in [5.74, 6) is 0.887. The van der Waals surface area contributed by atoms with E-state index in [1.165, 1.54) is 0 Å². The van der Waals surface area contributed by atoms with Crippen molar-refractivity contribution in [2.45, 2.75) is 32.7 Å². The highest BCUT2D eigenvalue weighted by atomic mass is 35.5. The molecule has 0 unspecified atom stereocenters. The first-order valence-electron chi connectivity index (χ1n) is 6.50. The number of aryl methyl sites for hydroxylation is 1. The van der Waals surface area contributed by atoms with Gasteiger partial charge >= 0.3 is 0 Å². The molecule has 1 aromatic carbocycles. The lowest BCUT2D eigenvalue weighted by Gasteiger charge is -2.09. The molecule has 0 aliphatic carbocycles. The molecule has 0 saturated heterocycles. The number of carbonyl (C=O) groups is 1. The molecule has 0 spiro atoms. The van der Waals surface area contributed by atoms with E-state index < -0.39 is 0 Å². The van der Waals surface area contributed by atoms with E-state index in [9.17, 15) is 4.79 Å². The van der Waals surface area contributed by atoms with Crippen LogP contribution >= 0.6 is 11.6 Å². The number of hydrogen-bond acceptors (Lipinski definition) is 2. The number of hydrogen-bond donors (Lipinski definition) is 0. The number of halogens is 1. The van der Waals surface area contributed by atoms with E-state index in [0.29, 0.717) is 17.4 Å². The third-order valence-corrected chi connectivity index (χ3v) is 3.37. The van der Waals surface area contributed by atoms with Gasteiger partial charge in [-0.2, -0.15) is 0 Å². The summed E-state index contributed by atoms with van der Waals surface area (Å²) in [6, 6.07) is 10.0. The summed E-state index contributed by atoms with van der Waals surface area (Å²) in [5.41, 5.74) is 1.61. The lowest BCUT2D eigenvalue weighted by atomic mass is 10.2. The summed E-state index contributed by atoms with van der Waals surface area (Å²) < 4.78 is 1.92. The van der Waals surface area contributed by atoms with Crippen molar-refractivity contribution in [2.75, 3.05) is 0 Å². The molecule has 0 bridgehead atoms. The highest BCUT2D eigenvalue weighted by molar-refractivity contribution is 6.31. The number of aromatic nitrogens is 2. The summed E-state index contributed by atoms with van der Waals surface area (Å²) in [4.78, 5) is 15.5. The number of imidazole rings is 1. The lowest BCUT2D eigenvalue weighted by molar-refractivity contribution is 0.111. The first-order chi connectivity index (χ1) is 9.26. The number of carbonyl (C=O) groups excluding carboxylic acids is 1. The van der Waals surface area contributed by atoms with Crippen LogP contribution in [0.3, 0.4) is 0 Å². The van der Waals surface area contributed by atoms with Crippen molar-refractivity contribution in [3.8, 4) is 0 Å². The molecule has 0 fully saturated rings. The maximum atomic E-state index is 11.2. The monoisotopic (exact) mass is 276 g/mol. The van der Waals surface area contributed by atoms with Gasteiger partial charge in [-0.05, 0) is 12.0 Å². The molecule has 1 aromatic heterocycles. The van der Waals surface area contributed by atoms with Crippen molar-refractivity contribution in [1.82, 2.24) is 9.55 Å². The third-order valence-electron chi connectivity index (χ3n) is 3.09. The van der Waals surface area contributed by atoms with E-state index in [0.717, 1.165) is 36.9 Å². The molecule has 0 saturated carbocycles. The molecule has 0 radical (unpaired) electrons. The van der Waals surface area contributed by atoms with Crippen molar-refractivity contribution in [3.63, 3.8) is 0 Å². The predicted molar refractivity (Wildman–Crippen MR) is 76.8 cm³/mol. The highest BCUT2D eigenvalue weighted by Gasteiger charge is 2.14. The molecule has 19 heavy (non-hydrogen) atoms. The minimum atomic E-state index is 0.303. The minimum Gasteiger partial charge on any atom is -0.320 e. The predicted octanol–water partition coefficient (Wildman–Crippen LogP) is 3.74. The number of rotatable bonds is 6. The summed E-state index contributed by atoms with van der Waals surface area (Å²) in [7, 11) is 0. The molecule has 0 aliphatic rings. The Balaban J connectivity index is 2.33. The van der Waals surface area contributed by atoms with Crippen molar-refractivity contribution in [1.29, 1.82) is 0 Å². The Morgan fingerprint density at radius 2 is 2.05 bits per heavy atom. The Morgan fingerprint density at radius 3 is 2.68 bits per heavy atom. The van der Waals surface area contributed by atoms with Crippen LogP contribution < -0.4 is 0 Å². The Labute approximate surface area is 118 Å². The number of aldehydes is 1. The Hall–Kier alpha value is -1.61. The third kappa shape index (κ3) is 3.24. The summed E-state index contributed by atoms with van der Waals surface area (Å²) in [5, 5.41) is 0.303.